The van der Waals surface area contributed by atoms with Crippen LogP contribution in [-0.2, 0) is 24.9 Å². The molecule has 3 aliphatic rings. The Bertz CT molecular complexity index is 1260. The van der Waals surface area contributed by atoms with E-state index in [0.29, 0.717) is 32.9 Å². The van der Waals surface area contributed by atoms with Crippen LogP contribution in [0.15, 0.2) is 48.8 Å². The summed E-state index contributed by atoms with van der Waals surface area (Å²) in [6.07, 6.45) is 5.69. The molecular formula is C27H33IN7O-. The molecule has 8 nitrogen and oxygen atoms in total. The van der Waals surface area contributed by atoms with Crippen LogP contribution in [0.25, 0.3) is 0 Å². The molecule has 0 aliphatic carbocycles. The van der Waals surface area contributed by atoms with E-state index in [9.17, 15) is 4.79 Å². The number of carbonyl (C=O) groups is 1. The second kappa shape index (κ2) is 9.41. The second-order valence-corrected chi connectivity index (χ2v) is 13.6. The molecule has 0 spiro atoms. The van der Waals surface area contributed by atoms with Crippen molar-refractivity contribution in [1.82, 2.24) is 29.5 Å². The predicted molar refractivity (Wildman–Crippen MR) is 134 cm³/mol. The molecule has 190 valence electrons. The summed E-state index contributed by atoms with van der Waals surface area (Å²) in [6.45, 7) is 5.25. The first-order valence-electron chi connectivity index (χ1n) is 12.7. The van der Waals surface area contributed by atoms with Crippen molar-refractivity contribution in [1.29, 1.82) is 0 Å². The van der Waals surface area contributed by atoms with Crippen LogP contribution < -0.4 is 26.5 Å². The Balaban J connectivity index is 1.26. The van der Waals surface area contributed by atoms with Crippen LogP contribution in [0, 0.1) is 5.41 Å². The fourth-order valence-corrected chi connectivity index (χ4v) is 9.01. The number of likely N-dealkylation sites (N-methyl/N-ethyl adjacent to an activating group) is 1. The van der Waals surface area contributed by atoms with Crippen molar-refractivity contribution < 1.29 is 26.0 Å². The molecule has 2 saturated heterocycles. The van der Waals surface area contributed by atoms with E-state index in [1.54, 1.807) is 4.68 Å². The fraction of sp³-hybridized carbons (Fsp3) is 0.481. The van der Waals surface area contributed by atoms with Crippen molar-refractivity contribution in [2.75, 3.05) is 25.5 Å². The number of halogens is 1. The van der Waals surface area contributed by atoms with Crippen LogP contribution in [0.5, 0.6) is 0 Å². The van der Waals surface area contributed by atoms with Crippen LogP contribution in [0.2, 0.25) is 0 Å². The minimum absolute atomic E-state index is 0.0923. The normalized spacial score (nSPS) is 27.5. The molecule has 1 N–H and O–H groups in total. The Morgan fingerprint density at radius 3 is 2.81 bits per heavy atom. The summed E-state index contributed by atoms with van der Waals surface area (Å²) in [5, 5.41) is 7.73. The van der Waals surface area contributed by atoms with Gasteiger partial charge in [0.05, 0.1) is 0 Å². The third-order valence-corrected chi connectivity index (χ3v) is 11.5. The molecule has 9 heteroatoms. The summed E-state index contributed by atoms with van der Waals surface area (Å²) in [4.78, 5) is 28.6. The van der Waals surface area contributed by atoms with Crippen LogP contribution in [-0.4, -0.2) is 59.6 Å². The van der Waals surface area contributed by atoms with Gasteiger partial charge in [0.25, 0.3) is 0 Å². The van der Waals surface area contributed by atoms with Crippen molar-refractivity contribution >= 4 is 11.9 Å². The van der Waals surface area contributed by atoms with Crippen molar-refractivity contribution in [2.45, 2.75) is 46.7 Å². The van der Waals surface area contributed by atoms with Gasteiger partial charge in [-0.05, 0) is 0 Å². The number of nitrogens with one attached hydrogen (secondary N) is 1. The number of piperidine rings is 1. The second-order valence-electron chi connectivity index (χ2n) is 10.2. The SMILES string of the molecule is CCC1(C(=O)N2Cc3nc(NCc4ccn(C)n4)ncc3[C@@H]3[I-][C@@H]32)CCN(C)C[C@@H]1c1ccccc1. The number of anilines is 1. The molecular weight excluding hydrogens is 565 g/mol. The zero-order valence-corrected chi connectivity index (χ0v) is 23.2. The molecule has 3 aromatic rings. The van der Waals surface area contributed by atoms with E-state index in [1.807, 2.05) is 25.5 Å². The molecule has 36 heavy (non-hydrogen) atoms. The van der Waals surface area contributed by atoms with Gasteiger partial charge in [0.15, 0.2) is 0 Å². The number of likely N-dealkylation sites (tertiary alicyclic amines) is 1. The summed E-state index contributed by atoms with van der Waals surface area (Å²) in [7, 11) is 4.09. The van der Waals surface area contributed by atoms with Crippen LogP contribution in [0.3, 0.4) is 0 Å². The van der Waals surface area contributed by atoms with Gasteiger partial charge in [-0.3, -0.25) is 0 Å². The monoisotopic (exact) mass is 598 g/mol. The molecule has 3 aliphatic heterocycles. The number of rotatable bonds is 6. The molecule has 6 rings (SSSR count). The molecule has 0 radical (unpaired) electrons. The van der Waals surface area contributed by atoms with Gasteiger partial charge >= 0.3 is 223 Å². The van der Waals surface area contributed by atoms with Gasteiger partial charge in [-0.1, -0.05) is 0 Å². The quantitative estimate of drug-likeness (QED) is 0.248. The Labute approximate surface area is 222 Å². The third-order valence-electron chi connectivity index (χ3n) is 8.07. The first kappa shape index (κ1) is 23.8. The van der Waals surface area contributed by atoms with Crippen LogP contribution >= 0.6 is 0 Å². The van der Waals surface area contributed by atoms with E-state index in [2.05, 4.69) is 69.5 Å². The summed E-state index contributed by atoms with van der Waals surface area (Å²) in [6, 6.07) is 12.7. The van der Waals surface area contributed by atoms with E-state index < -0.39 is 0 Å². The van der Waals surface area contributed by atoms with Gasteiger partial charge in [-0.15, -0.1) is 0 Å². The zero-order valence-electron chi connectivity index (χ0n) is 21.1. The van der Waals surface area contributed by atoms with Crippen molar-refractivity contribution in [3.63, 3.8) is 0 Å². The fourth-order valence-electron chi connectivity index (χ4n) is 5.94. The zero-order chi connectivity index (χ0) is 24.9. The van der Waals surface area contributed by atoms with Crippen molar-refractivity contribution in [3.05, 3.63) is 71.3 Å². The number of nitrogens with zero attached hydrogens (tertiary/aromatic N) is 6. The average Bonchev–Trinajstić information content (AvgIpc) is 3.61. The summed E-state index contributed by atoms with van der Waals surface area (Å²) >= 11 is -0.0923. The van der Waals surface area contributed by atoms with E-state index in [0.717, 1.165) is 37.3 Å². The first-order valence-corrected chi connectivity index (χ1v) is 15.2. The van der Waals surface area contributed by atoms with Crippen LogP contribution in [0.4, 0.5) is 5.95 Å². The average molecular weight is 599 g/mol. The number of aryl methyl sites for hydroxylation is 1. The van der Waals surface area contributed by atoms with Crippen LogP contribution in [0.1, 0.15) is 52.1 Å². The molecule has 1 amide bonds. The maximum atomic E-state index is 14.5. The van der Waals surface area contributed by atoms with Gasteiger partial charge in [-0.25, -0.2) is 0 Å². The van der Waals surface area contributed by atoms with Crippen molar-refractivity contribution in [3.8, 4) is 0 Å². The van der Waals surface area contributed by atoms with Gasteiger partial charge in [0.1, 0.15) is 0 Å². The number of fused-ring (bicyclic) bond motifs is 3. The number of benzene rings is 1. The summed E-state index contributed by atoms with van der Waals surface area (Å²) in [5.41, 5.74) is 4.13. The molecule has 4 atom stereocenters. The Morgan fingerprint density at radius 1 is 1.22 bits per heavy atom. The third kappa shape index (κ3) is 4.19. The topological polar surface area (TPSA) is 79.2 Å². The predicted octanol–water partition coefficient (Wildman–Crippen LogP) is 0.150. The molecule has 1 unspecified atom stereocenters. The Hall–Kier alpha value is -2.53. The maximum absolute atomic E-state index is 14.5. The number of aromatic nitrogens is 4. The van der Waals surface area contributed by atoms with E-state index in [-0.39, 0.29) is 32.5 Å². The number of amides is 1. The van der Waals surface area contributed by atoms with Gasteiger partial charge in [0.2, 0.25) is 0 Å². The standard InChI is InChI=1S/C27H33IN7O/c1-4-27(11-13-33(2)16-21(27)18-8-6-5-7-9-18)25(36)35-17-22-20(23-24(35)28-23)15-30-26(31-22)29-14-19-10-12-34(3)32-19/h5-10,12,15,21,23-24H,4,11,13-14,16-17H2,1-3H3,(H,29,30,31)/q-1/t21-,23+,24-,27?/m1/s1. The molecule has 5 heterocycles. The van der Waals surface area contributed by atoms with E-state index in [4.69, 9.17) is 4.98 Å². The molecule has 0 bridgehead atoms. The summed E-state index contributed by atoms with van der Waals surface area (Å²) in [5.74, 6) is 1.15. The molecule has 0 saturated carbocycles. The molecule has 2 fully saturated rings. The number of hydrogen-bond donors (Lipinski definition) is 1. The van der Waals surface area contributed by atoms with E-state index >= 15 is 0 Å². The Morgan fingerprint density at radius 2 is 2.06 bits per heavy atom. The van der Waals surface area contributed by atoms with E-state index in [1.165, 1.54) is 11.1 Å². The molecule has 2 aromatic heterocycles. The van der Waals surface area contributed by atoms with Crippen molar-refractivity contribution in [2.24, 2.45) is 12.5 Å². The summed E-state index contributed by atoms with van der Waals surface area (Å²) < 4.78 is 2.65. The van der Waals surface area contributed by atoms with Gasteiger partial charge < -0.3 is 0 Å². The van der Waals surface area contributed by atoms with Gasteiger partial charge in [-0.2, -0.15) is 0 Å². The number of alkyl halides is 2. The first-order chi connectivity index (χ1) is 17.5. The minimum atomic E-state index is -0.366. The van der Waals surface area contributed by atoms with Gasteiger partial charge in [0, 0.05) is 0 Å². The number of carbonyl (C=O) groups excluding carboxylic acids is 1. The molecule has 1 aromatic carbocycles. The number of hydrogen-bond acceptors (Lipinski definition) is 6. The Kier molecular flexibility index (Phi) is 6.23.